The number of hydrogen-bond donors (Lipinski definition) is 2. The molecule has 0 saturated carbocycles. The number of aryl methyl sites for hydroxylation is 2. The fourth-order valence-electron chi connectivity index (χ4n) is 2.67. The molecule has 0 saturated heterocycles. The van der Waals surface area contributed by atoms with Crippen LogP contribution in [0.15, 0.2) is 6.07 Å². The van der Waals surface area contributed by atoms with Crippen molar-refractivity contribution < 1.29 is 0 Å². The highest BCUT2D eigenvalue weighted by Gasteiger charge is 2.26. The van der Waals surface area contributed by atoms with Gasteiger partial charge in [-0.15, -0.1) is 0 Å². The topological polar surface area (TPSA) is 74.7 Å². The Morgan fingerprint density at radius 1 is 1.42 bits per heavy atom. The molecule has 0 unspecified atom stereocenters. The molecular formula is C15H22N4. The van der Waals surface area contributed by atoms with Gasteiger partial charge in [0.05, 0.1) is 11.1 Å². The van der Waals surface area contributed by atoms with E-state index in [4.69, 9.17) is 5.73 Å². The molecule has 0 fully saturated rings. The van der Waals surface area contributed by atoms with Crippen LogP contribution in [0, 0.1) is 11.3 Å². The number of nitriles is 1. The van der Waals surface area contributed by atoms with Gasteiger partial charge < -0.3 is 11.1 Å². The summed E-state index contributed by atoms with van der Waals surface area (Å²) in [5.74, 6) is 0.706. The van der Waals surface area contributed by atoms with Gasteiger partial charge in [0.1, 0.15) is 11.9 Å². The van der Waals surface area contributed by atoms with Crippen LogP contribution >= 0.6 is 0 Å². The van der Waals surface area contributed by atoms with E-state index in [1.165, 1.54) is 5.56 Å². The van der Waals surface area contributed by atoms with Crippen LogP contribution in [0.3, 0.4) is 0 Å². The molecule has 0 atom stereocenters. The van der Waals surface area contributed by atoms with E-state index < -0.39 is 0 Å². The lowest BCUT2D eigenvalue weighted by Gasteiger charge is -2.32. The second kappa shape index (κ2) is 5.58. The smallest absolute Gasteiger partial charge is 0.144 e. The number of nitrogens with one attached hydrogen (secondary N) is 1. The second-order valence-corrected chi connectivity index (χ2v) is 5.27. The Bertz CT molecular complexity index is 489. The van der Waals surface area contributed by atoms with Crippen LogP contribution in [0.5, 0.6) is 0 Å². The summed E-state index contributed by atoms with van der Waals surface area (Å²) < 4.78 is 0. The maximum atomic E-state index is 9.30. The molecule has 1 aliphatic carbocycles. The minimum atomic E-state index is -0.161. The van der Waals surface area contributed by atoms with Crippen LogP contribution in [0.4, 0.5) is 5.82 Å². The summed E-state index contributed by atoms with van der Waals surface area (Å²) in [6, 6.07) is 4.24. The lowest BCUT2D eigenvalue weighted by molar-refractivity contribution is 0.443. The highest BCUT2D eigenvalue weighted by molar-refractivity contribution is 5.56. The van der Waals surface area contributed by atoms with Gasteiger partial charge in [0.15, 0.2) is 0 Å². The molecule has 1 aromatic heterocycles. The molecule has 3 N–H and O–H groups in total. The summed E-state index contributed by atoms with van der Waals surface area (Å²) >= 11 is 0. The fourth-order valence-corrected chi connectivity index (χ4v) is 2.67. The number of hydrogen-bond acceptors (Lipinski definition) is 4. The molecule has 0 amide bonds. The normalized spacial score (nSPS) is 14.0. The first-order valence-electron chi connectivity index (χ1n) is 7.09. The zero-order chi connectivity index (χ0) is 13.9. The van der Waals surface area contributed by atoms with Crippen molar-refractivity contribution in [3.05, 3.63) is 22.9 Å². The van der Waals surface area contributed by atoms with Crippen LogP contribution in [-0.4, -0.2) is 17.1 Å². The van der Waals surface area contributed by atoms with Crippen LogP contribution in [-0.2, 0) is 12.8 Å². The van der Waals surface area contributed by atoms with Crippen LogP contribution in [0.2, 0.25) is 0 Å². The largest absolute Gasteiger partial charge is 0.362 e. The van der Waals surface area contributed by atoms with Crippen LogP contribution < -0.4 is 11.1 Å². The van der Waals surface area contributed by atoms with E-state index in [9.17, 15) is 5.26 Å². The first-order chi connectivity index (χ1) is 9.18. The fraction of sp³-hybridized carbons (Fsp3) is 0.600. The second-order valence-electron chi connectivity index (χ2n) is 5.27. The van der Waals surface area contributed by atoms with Crippen molar-refractivity contribution >= 4 is 5.82 Å². The highest BCUT2D eigenvalue weighted by atomic mass is 15.1. The van der Waals surface area contributed by atoms with E-state index in [1.54, 1.807) is 0 Å². The Hall–Kier alpha value is -1.60. The first kappa shape index (κ1) is 13.8. The number of nitrogens with zero attached hydrogens (tertiary/aromatic N) is 2. The molecular weight excluding hydrogens is 236 g/mol. The Balaban J connectivity index is 2.37. The number of pyridine rings is 1. The number of nitrogens with two attached hydrogens (primary N) is 1. The molecule has 1 heterocycles. The first-order valence-corrected chi connectivity index (χ1v) is 7.09. The Kier molecular flexibility index (Phi) is 4.06. The molecule has 0 bridgehead atoms. The monoisotopic (exact) mass is 258 g/mol. The van der Waals surface area contributed by atoms with Gasteiger partial charge in [-0.25, -0.2) is 4.98 Å². The summed E-state index contributed by atoms with van der Waals surface area (Å²) in [6.45, 7) is 4.77. The molecule has 4 nitrogen and oxygen atoms in total. The maximum absolute atomic E-state index is 9.30. The SMILES string of the molecule is CCC(CC)(CN)Nc1nc2c(cc1C#N)CCC2. The molecule has 4 heteroatoms. The highest BCUT2D eigenvalue weighted by Crippen LogP contribution is 2.28. The van der Waals surface area contributed by atoms with Gasteiger partial charge in [0, 0.05) is 12.2 Å². The molecule has 2 rings (SSSR count). The van der Waals surface area contributed by atoms with E-state index in [1.807, 2.05) is 6.07 Å². The Morgan fingerprint density at radius 3 is 2.74 bits per heavy atom. The van der Waals surface area contributed by atoms with Crippen molar-refractivity contribution in [3.63, 3.8) is 0 Å². The average molecular weight is 258 g/mol. The van der Waals surface area contributed by atoms with Crippen molar-refractivity contribution in [2.45, 2.75) is 51.5 Å². The van der Waals surface area contributed by atoms with Gasteiger partial charge in [-0.05, 0) is 43.7 Å². The quantitative estimate of drug-likeness (QED) is 0.850. The van der Waals surface area contributed by atoms with E-state index in [-0.39, 0.29) is 5.54 Å². The summed E-state index contributed by atoms with van der Waals surface area (Å²) in [5, 5.41) is 12.7. The maximum Gasteiger partial charge on any atom is 0.144 e. The molecule has 19 heavy (non-hydrogen) atoms. The molecule has 1 aromatic rings. The average Bonchev–Trinajstić information content (AvgIpc) is 2.91. The third-order valence-corrected chi connectivity index (χ3v) is 4.30. The Labute approximate surface area is 115 Å². The van der Waals surface area contributed by atoms with Crippen molar-refractivity contribution in [1.29, 1.82) is 5.26 Å². The van der Waals surface area contributed by atoms with E-state index in [0.717, 1.165) is 37.8 Å². The third-order valence-electron chi connectivity index (χ3n) is 4.30. The van der Waals surface area contributed by atoms with Crippen LogP contribution in [0.25, 0.3) is 0 Å². The summed E-state index contributed by atoms with van der Waals surface area (Å²) in [6.07, 6.45) is 5.04. The lowest BCUT2D eigenvalue weighted by atomic mass is 9.92. The molecule has 0 spiro atoms. The zero-order valence-corrected chi connectivity index (χ0v) is 11.8. The molecule has 0 aromatic carbocycles. The van der Waals surface area contributed by atoms with E-state index in [2.05, 4.69) is 30.2 Å². The lowest BCUT2D eigenvalue weighted by Crippen LogP contribution is -2.44. The standard InChI is InChI=1S/C15H22N4/c1-3-15(4-2,10-17)19-14-12(9-16)8-11-6-5-7-13(11)18-14/h8H,3-7,10,17H2,1-2H3,(H,18,19). The van der Waals surface area contributed by atoms with Gasteiger partial charge in [0.25, 0.3) is 0 Å². The molecule has 0 radical (unpaired) electrons. The van der Waals surface area contributed by atoms with Gasteiger partial charge in [-0.2, -0.15) is 5.26 Å². The number of fused-ring (bicyclic) bond motifs is 1. The third kappa shape index (κ3) is 2.57. The minimum absolute atomic E-state index is 0.161. The van der Waals surface area contributed by atoms with E-state index in [0.29, 0.717) is 17.9 Å². The molecule has 102 valence electrons. The number of anilines is 1. The van der Waals surface area contributed by atoms with Crippen molar-refractivity contribution in [1.82, 2.24) is 4.98 Å². The Morgan fingerprint density at radius 2 is 2.16 bits per heavy atom. The van der Waals surface area contributed by atoms with Gasteiger partial charge >= 0.3 is 0 Å². The summed E-state index contributed by atoms with van der Waals surface area (Å²) in [7, 11) is 0. The van der Waals surface area contributed by atoms with Crippen LogP contribution in [0.1, 0.15) is 49.9 Å². The molecule has 0 aliphatic heterocycles. The summed E-state index contributed by atoms with van der Waals surface area (Å²) in [5.41, 5.74) is 8.75. The van der Waals surface area contributed by atoms with Crippen molar-refractivity contribution in [3.8, 4) is 6.07 Å². The van der Waals surface area contributed by atoms with Crippen molar-refractivity contribution in [2.24, 2.45) is 5.73 Å². The predicted molar refractivity (Wildman–Crippen MR) is 77.0 cm³/mol. The number of rotatable bonds is 5. The summed E-state index contributed by atoms with van der Waals surface area (Å²) in [4.78, 5) is 4.66. The van der Waals surface area contributed by atoms with Crippen molar-refractivity contribution in [2.75, 3.05) is 11.9 Å². The van der Waals surface area contributed by atoms with E-state index >= 15 is 0 Å². The van der Waals surface area contributed by atoms with Gasteiger partial charge in [-0.3, -0.25) is 0 Å². The number of aromatic nitrogens is 1. The van der Waals surface area contributed by atoms with Gasteiger partial charge in [-0.1, -0.05) is 13.8 Å². The van der Waals surface area contributed by atoms with Gasteiger partial charge in [0.2, 0.25) is 0 Å². The molecule has 1 aliphatic rings. The minimum Gasteiger partial charge on any atom is -0.362 e. The predicted octanol–water partition coefficient (Wildman–Crippen LogP) is 2.37. The zero-order valence-electron chi connectivity index (χ0n) is 11.8.